The van der Waals surface area contributed by atoms with E-state index < -0.39 is 54.7 Å². The Hall–Kier alpha value is -0.360. The van der Waals surface area contributed by atoms with Crippen LogP contribution in [-0.2, 0) is 18.9 Å². The van der Waals surface area contributed by atoms with Crippen molar-refractivity contribution in [3.63, 3.8) is 0 Å². The zero-order valence-electron chi connectivity index (χ0n) is 17.5. The Morgan fingerprint density at radius 2 is 1.39 bits per heavy atom. The molecule has 0 aromatic rings. The molecule has 28 heavy (non-hydrogen) atoms. The van der Waals surface area contributed by atoms with Gasteiger partial charge in [0.25, 0.3) is 0 Å². The molecule has 0 spiro atoms. The summed E-state index contributed by atoms with van der Waals surface area (Å²) in [6, 6.07) is -1.61. The van der Waals surface area contributed by atoms with E-state index in [9.17, 15) is 15.3 Å². The smallest absolute Gasteiger partial charge is 0.176 e. The van der Waals surface area contributed by atoms with Crippen LogP contribution in [0.2, 0.25) is 0 Å². The molecule has 7 N–H and O–H groups in total. The normalized spacial score (nSPS) is 45.2. The minimum absolute atomic E-state index is 0.0549. The molecule has 2 fully saturated rings. The van der Waals surface area contributed by atoms with Crippen LogP contribution in [0.25, 0.3) is 0 Å². The number of ether oxygens (including phenoxy) is 4. The molecule has 0 aromatic carbocycles. The largest absolute Gasteiger partial charge is 0.391 e. The van der Waals surface area contributed by atoms with Crippen LogP contribution in [0.15, 0.2) is 0 Å². The summed E-state index contributed by atoms with van der Waals surface area (Å²) in [5.41, 5.74) is 11.5. The van der Waals surface area contributed by atoms with E-state index in [1.807, 2.05) is 34.6 Å². The topological polar surface area (TPSA) is 150 Å². The third-order valence-electron chi connectivity index (χ3n) is 5.45. The second-order valence-corrected chi connectivity index (χ2v) is 8.76. The summed E-state index contributed by atoms with van der Waals surface area (Å²) in [6.45, 7) is 9.41. The Labute approximate surface area is 167 Å². The van der Waals surface area contributed by atoms with Gasteiger partial charge in [-0.15, -0.1) is 0 Å². The predicted octanol–water partition coefficient (Wildman–Crippen LogP) is -0.559. The van der Waals surface area contributed by atoms with Crippen LogP contribution in [0.5, 0.6) is 0 Å². The molecule has 0 aliphatic carbocycles. The molecule has 0 saturated carbocycles. The number of nitrogens with two attached hydrogens (primary N) is 2. The first-order chi connectivity index (χ1) is 13.0. The molecular weight excluding hydrogens is 368 g/mol. The quantitative estimate of drug-likeness (QED) is 0.391. The lowest BCUT2D eigenvalue weighted by Crippen LogP contribution is -2.64. The van der Waals surface area contributed by atoms with Crippen LogP contribution >= 0.6 is 0 Å². The highest BCUT2D eigenvalue weighted by atomic mass is 16.7. The van der Waals surface area contributed by atoms with E-state index in [1.165, 1.54) is 0 Å². The number of aliphatic hydroxyl groups is 3. The van der Waals surface area contributed by atoms with Crippen molar-refractivity contribution in [2.75, 3.05) is 6.61 Å². The van der Waals surface area contributed by atoms with Gasteiger partial charge in [-0.1, -0.05) is 13.8 Å². The summed E-state index contributed by atoms with van der Waals surface area (Å²) in [6.07, 6.45) is -4.53. The molecule has 0 amide bonds. The fourth-order valence-electron chi connectivity index (χ4n) is 3.82. The van der Waals surface area contributed by atoms with Gasteiger partial charge in [0.2, 0.25) is 0 Å². The summed E-state index contributed by atoms with van der Waals surface area (Å²) >= 11 is 0. The van der Waals surface area contributed by atoms with E-state index in [-0.39, 0.29) is 18.6 Å². The van der Waals surface area contributed by atoms with Crippen molar-refractivity contribution < 1.29 is 34.3 Å². The van der Waals surface area contributed by atoms with Gasteiger partial charge in [-0.3, -0.25) is 0 Å². The molecule has 9 heteroatoms. The van der Waals surface area contributed by atoms with E-state index in [0.29, 0.717) is 0 Å². The zero-order valence-corrected chi connectivity index (χ0v) is 17.5. The Morgan fingerprint density at radius 1 is 0.821 bits per heavy atom. The molecule has 10 atom stereocenters. The van der Waals surface area contributed by atoms with E-state index in [1.54, 1.807) is 0 Å². The van der Waals surface area contributed by atoms with Gasteiger partial charge in [0.1, 0.15) is 18.3 Å². The van der Waals surface area contributed by atoms with Gasteiger partial charge in [-0.05, 0) is 33.6 Å². The molecule has 166 valence electrons. The van der Waals surface area contributed by atoms with Crippen molar-refractivity contribution in [2.24, 2.45) is 17.4 Å². The molecule has 9 nitrogen and oxygen atoms in total. The maximum Gasteiger partial charge on any atom is 0.176 e. The molecule has 2 heterocycles. The van der Waals surface area contributed by atoms with Gasteiger partial charge in [-0.2, -0.15) is 0 Å². The minimum atomic E-state index is -1.25. The number of rotatable bonds is 6. The molecule has 2 rings (SSSR count). The van der Waals surface area contributed by atoms with Crippen LogP contribution in [0.3, 0.4) is 0 Å². The maximum absolute atomic E-state index is 10.5. The Morgan fingerprint density at radius 3 is 1.93 bits per heavy atom. The molecule has 0 aromatic heterocycles. The maximum atomic E-state index is 10.5. The average Bonchev–Trinajstić information content (AvgIpc) is 2.63. The molecule has 2 saturated heterocycles. The van der Waals surface area contributed by atoms with Gasteiger partial charge in [0.05, 0.1) is 36.5 Å². The van der Waals surface area contributed by atoms with E-state index in [2.05, 4.69) is 0 Å². The first-order valence-electron chi connectivity index (χ1n) is 10.2. The van der Waals surface area contributed by atoms with E-state index in [0.717, 1.165) is 12.8 Å². The Bertz CT molecular complexity index is 487. The highest BCUT2D eigenvalue weighted by molar-refractivity contribution is 4.94. The highest BCUT2D eigenvalue weighted by Gasteiger charge is 2.46. The number of hydrogen-bond acceptors (Lipinski definition) is 9. The zero-order chi connectivity index (χ0) is 21.2. The highest BCUT2D eigenvalue weighted by Crippen LogP contribution is 2.31. The van der Waals surface area contributed by atoms with Gasteiger partial charge >= 0.3 is 0 Å². The van der Waals surface area contributed by atoms with Gasteiger partial charge in [0.15, 0.2) is 12.6 Å². The van der Waals surface area contributed by atoms with Crippen molar-refractivity contribution in [1.29, 1.82) is 0 Å². The lowest BCUT2D eigenvalue weighted by Gasteiger charge is -2.45. The second-order valence-electron chi connectivity index (χ2n) is 8.76. The minimum Gasteiger partial charge on any atom is -0.391 e. The van der Waals surface area contributed by atoms with Crippen molar-refractivity contribution in [3.05, 3.63) is 0 Å². The standard InChI is InChI=1S/C19H38N2O7/c1-6-9-10(7-2)26-17(12(20)14(9)22)25-8-11-15(23)16(24)13(21)18(27-11)28-19(3,4)5/h9-18,22-24H,6-8,20-21H2,1-5H3. The number of hydrogen-bond donors (Lipinski definition) is 5. The summed E-state index contributed by atoms with van der Waals surface area (Å²) in [7, 11) is 0. The summed E-state index contributed by atoms with van der Waals surface area (Å²) < 4.78 is 23.2. The lowest BCUT2D eigenvalue weighted by atomic mass is 9.85. The van der Waals surface area contributed by atoms with E-state index in [4.69, 9.17) is 30.4 Å². The predicted molar refractivity (Wildman–Crippen MR) is 102 cm³/mol. The second kappa shape index (κ2) is 9.63. The van der Waals surface area contributed by atoms with Crippen LogP contribution < -0.4 is 11.5 Å². The molecular formula is C19H38N2O7. The van der Waals surface area contributed by atoms with E-state index >= 15 is 0 Å². The van der Waals surface area contributed by atoms with Gasteiger partial charge in [0, 0.05) is 5.92 Å². The van der Waals surface area contributed by atoms with Crippen molar-refractivity contribution in [3.8, 4) is 0 Å². The Kier molecular flexibility index (Phi) is 8.23. The first kappa shape index (κ1) is 23.9. The first-order valence-corrected chi connectivity index (χ1v) is 10.2. The van der Waals surface area contributed by atoms with Crippen LogP contribution in [0, 0.1) is 5.92 Å². The third-order valence-corrected chi connectivity index (χ3v) is 5.45. The molecule has 0 radical (unpaired) electrons. The fourth-order valence-corrected chi connectivity index (χ4v) is 3.82. The SMILES string of the molecule is CCC1OC(OCC2OC(OC(C)(C)C)C(N)C(O)C2O)C(N)C(O)C1CC. The average molecular weight is 407 g/mol. The van der Waals surface area contributed by atoms with Crippen molar-refractivity contribution >= 4 is 0 Å². The fraction of sp³-hybridized carbons (Fsp3) is 1.00. The monoisotopic (exact) mass is 406 g/mol. The van der Waals surface area contributed by atoms with Gasteiger partial charge in [-0.25, -0.2) is 0 Å². The molecule has 10 unspecified atom stereocenters. The summed E-state index contributed by atoms with van der Waals surface area (Å²) in [4.78, 5) is 0. The van der Waals surface area contributed by atoms with Crippen molar-refractivity contribution in [2.45, 2.75) is 108 Å². The van der Waals surface area contributed by atoms with Crippen LogP contribution in [0.4, 0.5) is 0 Å². The van der Waals surface area contributed by atoms with Crippen LogP contribution in [0.1, 0.15) is 47.5 Å². The van der Waals surface area contributed by atoms with Gasteiger partial charge < -0.3 is 45.7 Å². The molecule has 2 aliphatic heterocycles. The van der Waals surface area contributed by atoms with Crippen LogP contribution in [-0.4, -0.2) is 82.7 Å². The lowest BCUT2D eigenvalue weighted by molar-refractivity contribution is -0.307. The summed E-state index contributed by atoms with van der Waals surface area (Å²) in [5, 5.41) is 31.1. The Balaban J connectivity index is 2.01. The summed E-state index contributed by atoms with van der Waals surface area (Å²) in [5.74, 6) is -0.0549. The molecule has 2 aliphatic rings. The van der Waals surface area contributed by atoms with Crippen molar-refractivity contribution in [1.82, 2.24) is 0 Å². The third kappa shape index (κ3) is 5.41. The number of aliphatic hydroxyl groups excluding tert-OH is 3. The molecule has 0 bridgehead atoms.